The van der Waals surface area contributed by atoms with Gasteiger partial charge in [0.05, 0.1) is 5.69 Å². The van der Waals surface area contributed by atoms with Crippen molar-refractivity contribution in [1.29, 1.82) is 0 Å². The standard InChI is InChI=1S/C15H15NO/c1-3-5-6-7-12-15(17)16-14-11-9-8-10-13(14)4-2/h1-2,8-11H,5-7,12H2,(H,16,17). The van der Waals surface area contributed by atoms with Crippen LogP contribution in [0.2, 0.25) is 0 Å². The Balaban J connectivity index is 2.46. The third kappa shape index (κ3) is 4.45. The molecule has 0 fully saturated rings. The second kappa shape index (κ2) is 7.14. The second-order valence-electron chi connectivity index (χ2n) is 3.65. The summed E-state index contributed by atoms with van der Waals surface area (Å²) in [6, 6.07) is 7.29. The molecule has 1 aromatic rings. The molecule has 2 nitrogen and oxygen atoms in total. The Morgan fingerprint density at radius 3 is 2.71 bits per heavy atom. The molecule has 1 amide bonds. The van der Waals surface area contributed by atoms with Gasteiger partial charge in [-0.2, -0.15) is 0 Å². The first kappa shape index (κ1) is 12.9. The van der Waals surface area contributed by atoms with Crippen molar-refractivity contribution in [2.75, 3.05) is 5.32 Å². The lowest BCUT2D eigenvalue weighted by molar-refractivity contribution is -0.116. The lowest BCUT2D eigenvalue weighted by Crippen LogP contribution is -2.12. The first-order valence-electron chi connectivity index (χ1n) is 5.57. The summed E-state index contributed by atoms with van der Waals surface area (Å²) in [4.78, 5) is 11.6. The Morgan fingerprint density at radius 2 is 2.00 bits per heavy atom. The minimum Gasteiger partial charge on any atom is -0.325 e. The highest BCUT2D eigenvalue weighted by Crippen LogP contribution is 2.14. The van der Waals surface area contributed by atoms with Crippen molar-refractivity contribution in [2.24, 2.45) is 0 Å². The molecular formula is C15H15NO. The molecule has 0 heterocycles. The number of amides is 1. The fourth-order valence-corrected chi connectivity index (χ4v) is 1.44. The fourth-order valence-electron chi connectivity index (χ4n) is 1.44. The van der Waals surface area contributed by atoms with Gasteiger partial charge in [-0.05, 0) is 25.0 Å². The minimum absolute atomic E-state index is 0.0234. The average Bonchev–Trinajstić information content (AvgIpc) is 2.35. The Kier molecular flexibility index (Phi) is 5.41. The number of hydrogen-bond acceptors (Lipinski definition) is 1. The lowest BCUT2D eigenvalue weighted by Gasteiger charge is -2.06. The van der Waals surface area contributed by atoms with Crippen LogP contribution in [0.5, 0.6) is 0 Å². The van der Waals surface area contributed by atoms with Gasteiger partial charge in [-0.25, -0.2) is 0 Å². The molecule has 17 heavy (non-hydrogen) atoms. The van der Waals surface area contributed by atoms with Gasteiger partial charge >= 0.3 is 0 Å². The first-order chi connectivity index (χ1) is 8.27. The van der Waals surface area contributed by atoms with Crippen molar-refractivity contribution < 1.29 is 4.79 Å². The van der Waals surface area contributed by atoms with Crippen molar-refractivity contribution in [3.63, 3.8) is 0 Å². The number of benzene rings is 1. The van der Waals surface area contributed by atoms with E-state index in [1.54, 1.807) is 12.1 Å². The van der Waals surface area contributed by atoms with E-state index in [1.807, 2.05) is 12.1 Å². The molecule has 1 rings (SSSR count). The minimum atomic E-state index is -0.0234. The van der Waals surface area contributed by atoms with E-state index < -0.39 is 0 Å². The molecule has 0 saturated carbocycles. The molecule has 86 valence electrons. The van der Waals surface area contributed by atoms with Crippen LogP contribution in [0.3, 0.4) is 0 Å². The summed E-state index contributed by atoms with van der Waals surface area (Å²) in [7, 11) is 0. The van der Waals surface area contributed by atoms with Crippen molar-refractivity contribution >= 4 is 11.6 Å². The van der Waals surface area contributed by atoms with Crippen molar-refractivity contribution in [2.45, 2.75) is 25.7 Å². The monoisotopic (exact) mass is 225 g/mol. The maximum atomic E-state index is 11.6. The summed E-state index contributed by atoms with van der Waals surface area (Å²) in [5.41, 5.74) is 1.39. The van der Waals surface area contributed by atoms with Crippen molar-refractivity contribution in [3.8, 4) is 24.7 Å². The molecule has 0 aliphatic rings. The van der Waals surface area contributed by atoms with Gasteiger partial charge in [-0.15, -0.1) is 18.8 Å². The number of unbranched alkanes of at least 4 members (excludes halogenated alkanes) is 2. The summed E-state index contributed by atoms with van der Waals surface area (Å²) in [6.07, 6.45) is 13.3. The molecule has 1 aromatic carbocycles. The quantitative estimate of drug-likeness (QED) is 0.606. The highest BCUT2D eigenvalue weighted by atomic mass is 16.1. The van der Waals surface area contributed by atoms with Crippen LogP contribution in [-0.4, -0.2) is 5.91 Å². The number of nitrogens with one attached hydrogen (secondary N) is 1. The molecule has 1 N–H and O–H groups in total. The number of anilines is 1. The van der Waals surface area contributed by atoms with E-state index in [0.29, 0.717) is 24.1 Å². The van der Waals surface area contributed by atoms with Crippen LogP contribution >= 0.6 is 0 Å². The zero-order chi connectivity index (χ0) is 12.5. The molecule has 0 aromatic heterocycles. The summed E-state index contributed by atoms with van der Waals surface area (Å²) in [5, 5.41) is 2.81. The summed E-state index contributed by atoms with van der Waals surface area (Å²) in [5.74, 6) is 5.06. The van der Waals surface area contributed by atoms with Crippen LogP contribution in [0.1, 0.15) is 31.2 Å². The van der Waals surface area contributed by atoms with Crippen LogP contribution < -0.4 is 5.32 Å². The molecule has 0 unspecified atom stereocenters. The molecule has 0 aliphatic heterocycles. The van der Waals surface area contributed by atoms with Gasteiger partial charge in [0, 0.05) is 18.4 Å². The second-order valence-corrected chi connectivity index (χ2v) is 3.65. The van der Waals surface area contributed by atoms with Crippen molar-refractivity contribution in [3.05, 3.63) is 29.8 Å². The van der Waals surface area contributed by atoms with E-state index in [9.17, 15) is 4.79 Å². The topological polar surface area (TPSA) is 29.1 Å². The molecule has 0 spiro atoms. The van der Waals surface area contributed by atoms with Gasteiger partial charge in [-0.1, -0.05) is 18.1 Å². The molecule has 0 aliphatic carbocycles. The number of carbonyl (C=O) groups is 1. The largest absolute Gasteiger partial charge is 0.325 e. The maximum Gasteiger partial charge on any atom is 0.224 e. The van der Waals surface area contributed by atoms with Crippen LogP contribution in [0.4, 0.5) is 5.69 Å². The van der Waals surface area contributed by atoms with Gasteiger partial charge in [0.15, 0.2) is 0 Å². The third-order valence-corrected chi connectivity index (χ3v) is 2.33. The Labute approximate surface area is 102 Å². The van der Waals surface area contributed by atoms with Gasteiger partial charge in [0.25, 0.3) is 0 Å². The molecule has 0 radical (unpaired) electrons. The smallest absolute Gasteiger partial charge is 0.224 e. The Morgan fingerprint density at radius 1 is 1.24 bits per heavy atom. The molecule has 0 saturated heterocycles. The predicted molar refractivity (Wildman–Crippen MR) is 70.3 cm³/mol. The average molecular weight is 225 g/mol. The molecule has 0 atom stereocenters. The normalized spacial score (nSPS) is 9.06. The Bertz CT molecular complexity index is 463. The van der Waals surface area contributed by atoms with E-state index in [0.717, 1.165) is 12.8 Å². The van der Waals surface area contributed by atoms with E-state index in [2.05, 4.69) is 17.2 Å². The fraction of sp³-hybridized carbons (Fsp3) is 0.267. The number of terminal acetylenes is 2. The number of rotatable bonds is 5. The zero-order valence-corrected chi connectivity index (χ0v) is 9.70. The predicted octanol–water partition coefficient (Wildman–Crippen LogP) is 2.80. The number of hydrogen-bond donors (Lipinski definition) is 1. The first-order valence-corrected chi connectivity index (χ1v) is 5.57. The van der Waals surface area contributed by atoms with Crippen LogP contribution in [-0.2, 0) is 4.79 Å². The lowest BCUT2D eigenvalue weighted by atomic mass is 10.1. The van der Waals surface area contributed by atoms with Gasteiger partial charge in [0.1, 0.15) is 0 Å². The third-order valence-electron chi connectivity index (χ3n) is 2.33. The van der Waals surface area contributed by atoms with Gasteiger partial charge < -0.3 is 5.32 Å². The SMILES string of the molecule is C#CCCCCC(=O)Nc1ccccc1C#C. The summed E-state index contributed by atoms with van der Waals surface area (Å²) >= 11 is 0. The summed E-state index contributed by atoms with van der Waals surface area (Å²) in [6.45, 7) is 0. The highest BCUT2D eigenvalue weighted by Gasteiger charge is 2.04. The van der Waals surface area contributed by atoms with E-state index >= 15 is 0 Å². The van der Waals surface area contributed by atoms with E-state index in [4.69, 9.17) is 12.8 Å². The van der Waals surface area contributed by atoms with Gasteiger partial charge in [0.2, 0.25) is 5.91 Å². The Hall–Kier alpha value is -2.19. The van der Waals surface area contributed by atoms with Crippen LogP contribution in [0, 0.1) is 24.7 Å². The van der Waals surface area contributed by atoms with Crippen molar-refractivity contribution in [1.82, 2.24) is 0 Å². The van der Waals surface area contributed by atoms with Crippen LogP contribution in [0.15, 0.2) is 24.3 Å². The summed E-state index contributed by atoms with van der Waals surface area (Å²) < 4.78 is 0. The zero-order valence-electron chi connectivity index (χ0n) is 9.70. The maximum absolute atomic E-state index is 11.6. The number of para-hydroxylation sites is 1. The highest BCUT2D eigenvalue weighted by molar-refractivity contribution is 5.92. The van der Waals surface area contributed by atoms with Crippen LogP contribution in [0.25, 0.3) is 0 Å². The van der Waals surface area contributed by atoms with Gasteiger partial charge in [-0.3, -0.25) is 4.79 Å². The molecule has 0 bridgehead atoms. The molecular weight excluding hydrogens is 210 g/mol. The van der Waals surface area contributed by atoms with E-state index in [-0.39, 0.29) is 5.91 Å². The molecule has 2 heteroatoms. The number of carbonyl (C=O) groups excluding carboxylic acids is 1. The van der Waals surface area contributed by atoms with E-state index in [1.165, 1.54) is 0 Å².